The molecular weight excluding hydrogens is 290 g/mol. The molecule has 0 spiro atoms. The highest BCUT2D eigenvalue weighted by Crippen LogP contribution is 2.28. The van der Waals surface area contributed by atoms with Crippen LogP contribution in [0.15, 0.2) is 22.9 Å². The Hall–Kier alpha value is -1.24. The minimum Gasteiger partial charge on any atom is -0.369 e. The van der Waals surface area contributed by atoms with Gasteiger partial charge in [0.25, 0.3) is 0 Å². The van der Waals surface area contributed by atoms with Crippen molar-refractivity contribution in [2.24, 2.45) is 11.7 Å². The van der Waals surface area contributed by atoms with Gasteiger partial charge in [-0.2, -0.15) is 0 Å². The lowest BCUT2D eigenvalue weighted by Crippen LogP contribution is -2.35. The first-order valence-electron chi connectivity index (χ1n) is 6.53. The van der Waals surface area contributed by atoms with Crippen LogP contribution in [0.5, 0.6) is 0 Å². The maximum atomic E-state index is 11.1. The smallest absolute Gasteiger partial charge is 0.231 e. The first kappa shape index (κ1) is 15.2. The van der Waals surface area contributed by atoms with E-state index in [0.29, 0.717) is 12.5 Å². The van der Waals surface area contributed by atoms with E-state index < -0.39 is 0 Å². The normalized spacial score (nSPS) is 11.4. The maximum Gasteiger partial charge on any atom is 0.231 e. The fraction of sp³-hybridized carbons (Fsp3) is 0.429. The van der Waals surface area contributed by atoms with Crippen LogP contribution in [0.3, 0.4) is 0 Å². The molecule has 2 rings (SSSR count). The van der Waals surface area contributed by atoms with Gasteiger partial charge in [0.1, 0.15) is 5.01 Å². The van der Waals surface area contributed by atoms with Crippen LogP contribution >= 0.6 is 22.7 Å². The van der Waals surface area contributed by atoms with Crippen molar-refractivity contribution in [2.45, 2.75) is 20.4 Å². The van der Waals surface area contributed by atoms with E-state index in [1.54, 1.807) is 22.7 Å². The van der Waals surface area contributed by atoms with E-state index in [2.05, 4.69) is 40.6 Å². The van der Waals surface area contributed by atoms with Crippen LogP contribution in [0.25, 0.3) is 9.88 Å². The molecule has 6 heteroatoms. The van der Waals surface area contributed by atoms with Gasteiger partial charge in [0, 0.05) is 18.5 Å². The van der Waals surface area contributed by atoms with E-state index >= 15 is 0 Å². The third-order valence-corrected chi connectivity index (χ3v) is 4.60. The molecule has 0 unspecified atom stereocenters. The summed E-state index contributed by atoms with van der Waals surface area (Å²) in [6, 6.07) is 4.10. The second-order valence-corrected chi connectivity index (χ2v) is 6.96. The van der Waals surface area contributed by atoms with E-state index in [9.17, 15) is 4.79 Å². The molecule has 2 aromatic rings. The Bertz CT molecular complexity index is 549. The minimum absolute atomic E-state index is 0.282. The van der Waals surface area contributed by atoms with Crippen molar-refractivity contribution in [1.82, 2.24) is 9.88 Å². The van der Waals surface area contributed by atoms with Gasteiger partial charge in [-0.05, 0) is 17.4 Å². The number of thiophene rings is 1. The Morgan fingerprint density at radius 1 is 1.45 bits per heavy atom. The molecule has 2 N–H and O–H groups in total. The summed E-state index contributed by atoms with van der Waals surface area (Å²) in [7, 11) is 0. The van der Waals surface area contributed by atoms with Crippen molar-refractivity contribution in [3.8, 4) is 9.88 Å². The lowest BCUT2D eigenvalue weighted by molar-refractivity contribution is -0.119. The zero-order chi connectivity index (χ0) is 14.5. The largest absolute Gasteiger partial charge is 0.369 e. The number of primary amides is 1. The van der Waals surface area contributed by atoms with Crippen LogP contribution in [-0.2, 0) is 11.3 Å². The molecule has 1 amide bonds. The van der Waals surface area contributed by atoms with Gasteiger partial charge in [-0.1, -0.05) is 19.9 Å². The SMILES string of the molecule is CC(C)CN(CC(N)=O)Cc1csc(-c2cccs2)n1. The maximum absolute atomic E-state index is 11.1. The Balaban J connectivity index is 2.04. The quantitative estimate of drug-likeness (QED) is 0.855. The molecule has 20 heavy (non-hydrogen) atoms. The monoisotopic (exact) mass is 309 g/mol. The van der Waals surface area contributed by atoms with Crippen molar-refractivity contribution in [2.75, 3.05) is 13.1 Å². The van der Waals surface area contributed by atoms with E-state index in [1.165, 1.54) is 4.88 Å². The zero-order valence-corrected chi connectivity index (χ0v) is 13.3. The van der Waals surface area contributed by atoms with Crippen molar-refractivity contribution in [3.05, 3.63) is 28.6 Å². The van der Waals surface area contributed by atoms with Crippen molar-refractivity contribution < 1.29 is 4.79 Å². The molecular formula is C14H19N3OS2. The topological polar surface area (TPSA) is 59.2 Å². The van der Waals surface area contributed by atoms with E-state index in [4.69, 9.17) is 5.73 Å². The average Bonchev–Trinajstić information content (AvgIpc) is 2.95. The standard InChI is InChI=1S/C14H19N3OS2/c1-10(2)6-17(8-13(15)18)7-11-9-20-14(16-11)12-4-3-5-19-12/h3-5,9-10H,6-8H2,1-2H3,(H2,15,18). The van der Waals surface area contributed by atoms with E-state index in [1.807, 2.05) is 6.07 Å². The molecule has 0 saturated carbocycles. The summed E-state index contributed by atoms with van der Waals surface area (Å²) in [5.74, 6) is 0.198. The van der Waals surface area contributed by atoms with Gasteiger partial charge in [0.05, 0.1) is 17.1 Å². The molecule has 0 bridgehead atoms. The zero-order valence-electron chi connectivity index (χ0n) is 11.7. The van der Waals surface area contributed by atoms with Gasteiger partial charge in [0.2, 0.25) is 5.91 Å². The number of nitrogens with zero attached hydrogens (tertiary/aromatic N) is 2. The molecule has 0 aliphatic rings. The number of nitrogens with two attached hydrogens (primary N) is 1. The number of hydrogen-bond acceptors (Lipinski definition) is 5. The molecule has 2 heterocycles. The lowest BCUT2D eigenvalue weighted by Gasteiger charge is -2.21. The summed E-state index contributed by atoms with van der Waals surface area (Å²) < 4.78 is 0. The third-order valence-electron chi connectivity index (χ3n) is 2.67. The predicted molar refractivity (Wildman–Crippen MR) is 84.7 cm³/mol. The number of thiazole rings is 1. The van der Waals surface area contributed by atoms with Crippen LogP contribution in [-0.4, -0.2) is 28.9 Å². The minimum atomic E-state index is -0.292. The van der Waals surface area contributed by atoms with Gasteiger partial charge in [0.15, 0.2) is 0 Å². The summed E-state index contributed by atoms with van der Waals surface area (Å²) in [4.78, 5) is 19.0. The summed E-state index contributed by atoms with van der Waals surface area (Å²) >= 11 is 3.33. The molecule has 0 radical (unpaired) electrons. The van der Waals surface area contributed by atoms with Crippen LogP contribution in [0, 0.1) is 5.92 Å². The van der Waals surface area contributed by atoms with E-state index in [-0.39, 0.29) is 12.5 Å². The van der Waals surface area contributed by atoms with Gasteiger partial charge >= 0.3 is 0 Å². The molecule has 108 valence electrons. The highest BCUT2D eigenvalue weighted by molar-refractivity contribution is 7.20. The lowest BCUT2D eigenvalue weighted by atomic mass is 10.2. The molecule has 0 aromatic carbocycles. The number of amides is 1. The van der Waals surface area contributed by atoms with Crippen LogP contribution in [0.2, 0.25) is 0 Å². The second kappa shape index (κ2) is 6.97. The second-order valence-electron chi connectivity index (χ2n) is 5.15. The molecule has 4 nitrogen and oxygen atoms in total. The van der Waals surface area contributed by atoms with E-state index in [0.717, 1.165) is 17.2 Å². The van der Waals surface area contributed by atoms with Crippen molar-refractivity contribution >= 4 is 28.6 Å². The fourth-order valence-electron chi connectivity index (χ4n) is 2.04. The van der Waals surface area contributed by atoms with Gasteiger partial charge in [-0.15, -0.1) is 22.7 Å². The van der Waals surface area contributed by atoms with Crippen LogP contribution in [0.1, 0.15) is 19.5 Å². The van der Waals surface area contributed by atoms with Crippen LogP contribution in [0.4, 0.5) is 0 Å². The molecule has 0 aliphatic carbocycles. The molecule has 2 aromatic heterocycles. The summed E-state index contributed by atoms with van der Waals surface area (Å²) in [5.41, 5.74) is 6.31. The molecule has 0 fully saturated rings. The van der Waals surface area contributed by atoms with Gasteiger partial charge in [-0.25, -0.2) is 4.98 Å². The Labute approximate surface area is 127 Å². The first-order valence-corrected chi connectivity index (χ1v) is 8.29. The summed E-state index contributed by atoms with van der Waals surface area (Å²) in [6.45, 7) is 6.06. The highest BCUT2D eigenvalue weighted by atomic mass is 32.1. The molecule has 0 saturated heterocycles. The fourth-order valence-corrected chi connectivity index (χ4v) is 3.67. The average molecular weight is 309 g/mol. The summed E-state index contributed by atoms with van der Waals surface area (Å²) in [5, 5.41) is 5.15. The Morgan fingerprint density at radius 2 is 2.25 bits per heavy atom. The molecule has 0 atom stereocenters. The number of carbonyl (C=O) groups is 1. The van der Waals surface area contributed by atoms with Crippen molar-refractivity contribution in [3.63, 3.8) is 0 Å². The Kier molecular flexibility index (Phi) is 5.28. The third kappa shape index (κ3) is 4.40. The molecule has 0 aliphatic heterocycles. The van der Waals surface area contributed by atoms with Crippen LogP contribution < -0.4 is 5.73 Å². The highest BCUT2D eigenvalue weighted by Gasteiger charge is 2.13. The Morgan fingerprint density at radius 3 is 2.85 bits per heavy atom. The number of carbonyl (C=O) groups excluding carboxylic acids is 1. The van der Waals surface area contributed by atoms with Crippen molar-refractivity contribution in [1.29, 1.82) is 0 Å². The number of hydrogen-bond donors (Lipinski definition) is 1. The number of rotatable bonds is 7. The van der Waals surface area contributed by atoms with Gasteiger partial charge < -0.3 is 5.73 Å². The van der Waals surface area contributed by atoms with Gasteiger partial charge in [-0.3, -0.25) is 9.69 Å². The first-order chi connectivity index (χ1) is 9.54. The number of aromatic nitrogens is 1. The summed E-state index contributed by atoms with van der Waals surface area (Å²) in [6.07, 6.45) is 0. The predicted octanol–water partition coefficient (Wildman–Crippen LogP) is 2.81.